The molecule has 2 aliphatic carbocycles. The molecule has 1 amide bonds. The lowest BCUT2D eigenvalue weighted by atomic mass is 9.68. The van der Waals surface area contributed by atoms with Crippen LogP contribution in [0, 0.1) is 17.8 Å². The number of alkyl halides is 2. The highest BCUT2D eigenvalue weighted by molar-refractivity contribution is 7.89. The summed E-state index contributed by atoms with van der Waals surface area (Å²) in [6, 6.07) is 12.9. The number of rotatable bonds is 13. The van der Waals surface area contributed by atoms with Gasteiger partial charge in [0.25, 0.3) is 10.0 Å². The van der Waals surface area contributed by atoms with E-state index in [-0.39, 0.29) is 42.1 Å². The topological polar surface area (TPSA) is 116 Å². The third kappa shape index (κ3) is 8.84. The maximum atomic E-state index is 14.7. The number of methoxy groups -OCH3 is 4. The Morgan fingerprint density at radius 2 is 1.42 bits per heavy atom. The van der Waals surface area contributed by atoms with Gasteiger partial charge in [-0.1, -0.05) is 50.7 Å². The lowest BCUT2D eigenvalue weighted by Crippen LogP contribution is -2.42. The molecule has 272 valence electrons. The summed E-state index contributed by atoms with van der Waals surface area (Å²) in [5.74, 6) is -2.32. The molecule has 0 aliphatic heterocycles. The molecule has 0 spiro atoms. The van der Waals surface area contributed by atoms with Gasteiger partial charge in [-0.25, -0.2) is 22.2 Å². The SMILES string of the molecule is COc1ccc(CN(Cc2ccc(OC)cc2OC)S(=O)(=O)c2cc(NC(=O)C3CC(F)(F)CCC3C3CCCCCC3)ccn2)c(OC)c1. The van der Waals surface area contributed by atoms with Gasteiger partial charge in [0.2, 0.25) is 11.8 Å². The molecule has 1 N–H and O–H groups in total. The number of aromatic nitrogens is 1. The van der Waals surface area contributed by atoms with E-state index in [2.05, 4.69) is 10.3 Å². The molecule has 2 aromatic carbocycles. The number of benzene rings is 2. The Kier molecular flexibility index (Phi) is 12.2. The summed E-state index contributed by atoms with van der Waals surface area (Å²) < 4.78 is 81.3. The highest BCUT2D eigenvalue weighted by atomic mass is 32.2. The summed E-state index contributed by atoms with van der Waals surface area (Å²) in [6.45, 7) is -0.216. The molecule has 50 heavy (non-hydrogen) atoms. The number of hydrogen-bond acceptors (Lipinski definition) is 8. The number of sulfonamides is 1. The van der Waals surface area contributed by atoms with Crippen molar-refractivity contribution in [3.63, 3.8) is 0 Å². The molecule has 1 heterocycles. The van der Waals surface area contributed by atoms with E-state index < -0.39 is 34.2 Å². The van der Waals surface area contributed by atoms with Gasteiger partial charge in [-0.2, -0.15) is 4.31 Å². The van der Waals surface area contributed by atoms with Crippen molar-refractivity contribution in [1.82, 2.24) is 9.29 Å². The average Bonchev–Trinajstić information content (AvgIpc) is 3.41. The van der Waals surface area contributed by atoms with Gasteiger partial charge in [-0.15, -0.1) is 0 Å². The van der Waals surface area contributed by atoms with E-state index in [0.717, 1.165) is 38.5 Å². The van der Waals surface area contributed by atoms with E-state index in [4.69, 9.17) is 18.9 Å². The van der Waals surface area contributed by atoms with Gasteiger partial charge in [0.15, 0.2) is 5.03 Å². The van der Waals surface area contributed by atoms with Crippen LogP contribution in [0.2, 0.25) is 0 Å². The van der Waals surface area contributed by atoms with Gasteiger partial charge in [0.05, 0.1) is 28.4 Å². The van der Waals surface area contributed by atoms with Gasteiger partial charge in [-0.3, -0.25) is 4.79 Å². The van der Waals surface area contributed by atoms with E-state index in [0.29, 0.717) is 40.5 Å². The van der Waals surface area contributed by atoms with Crippen molar-refractivity contribution in [2.75, 3.05) is 33.8 Å². The van der Waals surface area contributed by atoms with Crippen LogP contribution in [0.15, 0.2) is 59.8 Å². The van der Waals surface area contributed by atoms with Crippen LogP contribution < -0.4 is 24.3 Å². The largest absolute Gasteiger partial charge is 0.497 e. The average molecular weight is 716 g/mol. The van der Waals surface area contributed by atoms with Gasteiger partial charge in [0, 0.05) is 73.1 Å². The molecule has 2 fully saturated rings. The standard InChI is InChI=1S/C37H47F2N3O7S/c1-46-29-13-11-26(33(20-29)48-3)23-42(24-27-12-14-30(47-2)21-34(27)49-4)50(44,45)35-19-28(16-18-40-35)41-36(43)32-22-37(38,39)17-15-31(32)25-9-7-5-6-8-10-25/h11-14,16,18-21,25,31-32H,5-10,15,17,22-24H2,1-4H3,(H,40,41,43). The monoisotopic (exact) mass is 715 g/mol. The highest BCUT2D eigenvalue weighted by Crippen LogP contribution is 2.46. The fourth-order valence-corrected chi connectivity index (χ4v) is 8.66. The number of nitrogens with zero attached hydrogens (tertiary/aromatic N) is 2. The number of carbonyl (C=O) groups excluding carboxylic acids is 1. The van der Waals surface area contributed by atoms with Crippen molar-refractivity contribution in [3.05, 3.63) is 65.9 Å². The van der Waals surface area contributed by atoms with E-state index in [1.54, 1.807) is 36.4 Å². The summed E-state index contributed by atoms with van der Waals surface area (Å²) in [5, 5.41) is 2.47. The maximum absolute atomic E-state index is 14.7. The molecule has 3 aromatic rings. The molecule has 5 rings (SSSR count). The minimum Gasteiger partial charge on any atom is -0.497 e. The number of anilines is 1. The molecule has 2 unspecified atom stereocenters. The Hall–Kier alpha value is -3.97. The Morgan fingerprint density at radius 3 is 1.96 bits per heavy atom. The van der Waals surface area contributed by atoms with Crippen molar-refractivity contribution in [1.29, 1.82) is 0 Å². The van der Waals surface area contributed by atoms with Gasteiger partial charge >= 0.3 is 0 Å². The summed E-state index contributed by atoms with van der Waals surface area (Å²) >= 11 is 0. The fourth-order valence-electron chi connectivity index (χ4n) is 7.31. The molecule has 2 saturated carbocycles. The molecule has 0 saturated heterocycles. The lowest BCUT2D eigenvalue weighted by molar-refractivity contribution is -0.134. The Labute approximate surface area is 293 Å². The van der Waals surface area contributed by atoms with Crippen LogP contribution in [0.1, 0.15) is 68.9 Å². The third-order valence-electron chi connectivity index (χ3n) is 10.0. The van der Waals surface area contributed by atoms with E-state index in [1.165, 1.54) is 51.1 Å². The van der Waals surface area contributed by atoms with Crippen LogP contribution in [-0.2, 0) is 27.9 Å². The number of hydrogen-bond donors (Lipinski definition) is 1. The third-order valence-corrected chi connectivity index (χ3v) is 11.7. The second-order valence-corrected chi connectivity index (χ2v) is 15.0. The summed E-state index contributed by atoms with van der Waals surface area (Å²) in [6.07, 6.45) is 7.05. The minimum absolute atomic E-state index is 0.108. The predicted molar refractivity (Wildman–Crippen MR) is 185 cm³/mol. The first-order valence-electron chi connectivity index (χ1n) is 17.0. The van der Waals surface area contributed by atoms with E-state index in [1.807, 2.05) is 0 Å². The predicted octanol–water partition coefficient (Wildman–Crippen LogP) is 7.47. The van der Waals surface area contributed by atoms with Crippen LogP contribution in [0.25, 0.3) is 0 Å². The first-order valence-corrected chi connectivity index (χ1v) is 18.5. The van der Waals surface area contributed by atoms with Crippen LogP contribution in [0.3, 0.4) is 0 Å². The zero-order chi connectivity index (χ0) is 35.9. The van der Waals surface area contributed by atoms with E-state index >= 15 is 0 Å². The Bertz CT molecular complexity index is 1670. The Balaban J connectivity index is 1.45. The first kappa shape index (κ1) is 37.3. The van der Waals surface area contributed by atoms with Crippen molar-refractivity contribution in [3.8, 4) is 23.0 Å². The zero-order valence-corrected chi connectivity index (χ0v) is 29.9. The van der Waals surface area contributed by atoms with Crippen molar-refractivity contribution in [2.24, 2.45) is 17.8 Å². The number of halogens is 2. The minimum atomic E-state index is -4.34. The molecule has 1 aromatic heterocycles. The number of ether oxygens (including phenoxy) is 4. The van der Waals surface area contributed by atoms with Crippen LogP contribution in [0.5, 0.6) is 23.0 Å². The molecule has 13 heteroatoms. The molecule has 0 radical (unpaired) electrons. The molecular weight excluding hydrogens is 668 g/mol. The van der Waals surface area contributed by atoms with Crippen LogP contribution in [0.4, 0.5) is 14.5 Å². The summed E-state index contributed by atoms with van der Waals surface area (Å²) in [7, 11) is 1.68. The Morgan fingerprint density at radius 1 is 0.840 bits per heavy atom. The number of carbonyl (C=O) groups is 1. The highest BCUT2D eigenvalue weighted by Gasteiger charge is 2.47. The number of nitrogens with one attached hydrogen (secondary N) is 1. The smallest absolute Gasteiger partial charge is 0.261 e. The molecule has 0 bridgehead atoms. The molecule has 2 aliphatic rings. The second kappa shape index (κ2) is 16.4. The van der Waals surface area contributed by atoms with Gasteiger partial charge in [0.1, 0.15) is 23.0 Å². The van der Waals surface area contributed by atoms with Crippen LogP contribution in [-0.4, -0.2) is 58.0 Å². The van der Waals surface area contributed by atoms with E-state index in [9.17, 15) is 22.0 Å². The summed E-state index contributed by atoms with van der Waals surface area (Å²) in [5.41, 5.74) is 1.30. The summed E-state index contributed by atoms with van der Waals surface area (Å²) in [4.78, 5) is 17.9. The quantitative estimate of drug-likeness (QED) is 0.181. The zero-order valence-electron chi connectivity index (χ0n) is 29.1. The van der Waals surface area contributed by atoms with Crippen molar-refractivity contribution < 1.29 is 40.9 Å². The van der Waals surface area contributed by atoms with Crippen molar-refractivity contribution >= 4 is 21.6 Å². The lowest BCUT2D eigenvalue weighted by Gasteiger charge is -2.39. The van der Waals surface area contributed by atoms with Crippen molar-refractivity contribution in [2.45, 2.75) is 81.8 Å². The molecule has 10 nitrogen and oxygen atoms in total. The second-order valence-electron chi connectivity index (χ2n) is 13.1. The molecular formula is C37H47F2N3O7S. The maximum Gasteiger partial charge on any atom is 0.261 e. The van der Waals surface area contributed by atoms with Crippen LogP contribution >= 0.6 is 0 Å². The normalized spacial score (nSPS) is 19.7. The number of pyridine rings is 1. The molecule has 2 atom stereocenters. The van der Waals surface area contributed by atoms with Gasteiger partial charge < -0.3 is 24.3 Å². The first-order chi connectivity index (χ1) is 24.0. The van der Waals surface area contributed by atoms with Gasteiger partial charge in [-0.05, 0) is 36.5 Å². The fraction of sp³-hybridized carbons (Fsp3) is 0.514. The number of amides is 1.